The Bertz CT molecular complexity index is 939. The van der Waals surface area contributed by atoms with Crippen molar-refractivity contribution in [1.82, 2.24) is 0 Å². The van der Waals surface area contributed by atoms with Crippen molar-refractivity contribution >= 4 is 43.8 Å². The molecule has 3 aromatic rings. The molecular formula is C21H16Br2FNO. The molecule has 0 bridgehead atoms. The van der Waals surface area contributed by atoms with Crippen LogP contribution in [0.25, 0.3) is 0 Å². The Morgan fingerprint density at radius 2 is 1.77 bits per heavy atom. The predicted octanol–water partition coefficient (Wildman–Crippen LogP) is 6.99. The predicted molar refractivity (Wildman–Crippen MR) is 111 cm³/mol. The first-order chi connectivity index (χ1) is 12.5. The standard InChI is InChI=1S/C21H16Br2FNO/c1-14-10-18(6-9-21(14)24)25-12-15-2-7-19(8-3-15)26-13-16-4-5-17(22)11-20(16)23/h2-12H,13H2,1H3. The van der Waals surface area contributed by atoms with Crippen molar-refractivity contribution in [2.24, 2.45) is 4.99 Å². The lowest BCUT2D eigenvalue weighted by Gasteiger charge is -2.08. The second-order valence-corrected chi connectivity index (χ2v) is 7.56. The quantitative estimate of drug-likeness (QED) is 0.363. The monoisotopic (exact) mass is 475 g/mol. The molecule has 0 atom stereocenters. The molecule has 0 aliphatic heterocycles. The molecule has 0 unspecified atom stereocenters. The van der Waals surface area contributed by atoms with Crippen molar-refractivity contribution in [3.8, 4) is 5.75 Å². The van der Waals surface area contributed by atoms with Gasteiger partial charge in [-0.2, -0.15) is 0 Å². The van der Waals surface area contributed by atoms with E-state index in [2.05, 4.69) is 36.9 Å². The highest BCUT2D eigenvalue weighted by atomic mass is 79.9. The van der Waals surface area contributed by atoms with Crippen LogP contribution in [0.15, 0.2) is 74.6 Å². The van der Waals surface area contributed by atoms with Crippen molar-refractivity contribution in [3.63, 3.8) is 0 Å². The van der Waals surface area contributed by atoms with Gasteiger partial charge in [-0.05, 0) is 72.6 Å². The molecule has 0 aromatic heterocycles. The summed E-state index contributed by atoms with van der Waals surface area (Å²) < 4.78 is 21.1. The topological polar surface area (TPSA) is 21.6 Å². The second kappa shape index (κ2) is 8.60. The fraction of sp³-hybridized carbons (Fsp3) is 0.0952. The summed E-state index contributed by atoms with van der Waals surface area (Å²) in [5.74, 6) is 0.567. The largest absolute Gasteiger partial charge is 0.489 e. The van der Waals surface area contributed by atoms with Gasteiger partial charge in [0.2, 0.25) is 0 Å². The number of rotatable bonds is 5. The summed E-state index contributed by atoms with van der Waals surface area (Å²) in [6.45, 7) is 2.21. The Balaban J connectivity index is 1.62. The van der Waals surface area contributed by atoms with Gasteiger partial charge in [0.05, 0.1) is 5.69 Å². The molecule has 0 saturated carbocycles. The van der Waals surface area contributed by atoms with Crippen LogP contribution in [0, 0.1) is 12.7 Å². The molecule has 5 heteroatoms. The van der Waals surface area contributed by atoms with Gasteiger partial charge in [0.1, 0.15) is 18.2 Å². The Hall–Kier alpha value is -1.98. The molecule has 0 fully saturated rings. The number of hydrogen-bond acceptors (Lipinski definition) is 2. The number of nitrogens with zero attached hydrogens (tertiary/aromatic N) is 1. The number of halogens is 3. The van der Waals surface area contributed by atoms with E-state index in [-0.39, 0.29) is 5.82 Å². The van der Waals surface area contributed by atoms with Crippen LogP contribution in [0.4, 0.5) is 10.1 Å². The number of benzene rings is 3. The van der Waals surface area contributed by atoms with E-state index in [1.807, 2.05) is 42.5 Å². The van der Waals surface area contributed by atoms with Gasteiger partial charge in [-0.3, -0.25) is 4.99 Å². The Kier molecular flexibility index (Phi) is 6.22. The molecule has 0 heterocycles. The Morgan fingerprint density at radius 3 is 2.46 bits per heavy atom. The first-order valence-electron chi connectivity index (χ1n) is 7.98. The minimum absolute atomic E-state index is 0.220. The van der Waals surface area contributed by atoms with Gasteiger partial charge in [-0.1, -0.05) is 37.9 Å². The molecule has 26 heavy (non-hydrogen) atoms. The highest BCUT2D eigenvalue weighted by Crippen LogP contribution is 2.23. The summed E-state index contributed by atoms with van der Waals surface area (Å²) in [5.41, 5.74) is 3.33. The third kappa shape index (κ3) is 5.02. The molecule has 3 rings (SSSR count). The number of ether oxygens (including phenoxy) is 1. The summed E-state index contributed by atoms with van der Waals surface area (Å²) >= 11 is 6.97. The molecule has 0 aliphatic carbocycles. The van der Waals surface area contributed by atoms with Gasteiger partial charge >= 0.3 is 0 Å². The van der Waals surface area contributed by atoms with Crippen LogP contribution in [0.3, 0.4) is 0 Å². The average Bonchev–Trinajstić information content (AvgIpc) is 2.63. The molecule has 0 radical (unpaired) electrons. The summed E-state index contributed by atoms with van der Waals surface area (Å²) in [6, 6.07) is 18.5. The molecule has 0 spiro atoms. The van der Waals surface area contributed by atoms with E-state index in [9.17, 15) is 4.39 Å². The molecule has 0 amide bonds. The van der Waals surface area contributed by atoms with E-state index in [1.54, 1.807) is 25.3 Å². The molecule has 132 valence electrons. The van der Waals surface area contributed by atoms with Gasteiger partial charge < -0.3 is 4.74 Å². The summed E-state index contributed by atoms with van der Waals surface area (Å²) in [6.07, 6.45) is 1.75. The van der Waals surface area contributed by atoms with E-state index in [0.29, 0.717) is 12.2 Å². The first-order valence-corrected chi connectivity index (χ1v) is 9.57. The SMILES string of the molecule is Cc1cc(N=Cc2ccc(OCc3ccc(Br)cc3Br)cc2)ccc1F. The van der Waals surface area contributed by atoms with Crippen molar-refractivity contribution in [1.29, 1.82) is 0 Å². The zero-order chi connectivity index (χ0) is 18.5. The van der Waals surface area contributed by atoms with Gasteiger partial charge in [0.15, 0.2) is 0 Å². The van der Waals surface area contributed by atoms with Crippen LogP contribution in [0.1, 0.15) is 16.7 Å². The normalized spacial score (nSPS) is 11.1. The van der Waals surface area contributed by atoms with Crippen LogP contribution >= 0.6 is 31.9 Å². The van der Waals surface area contributed by atoms with Gasteiger partial charge in [-0.25, -0.2) is 4.39 Å². The minimum Gasteiger partial charge on any atom is -0.489 e. The molecular weight excluding hydrogens is 461 g/mol. The van der Waals surface area contributed by atoms with Crippen LogP contribution in [0.2, 0.25) is 0 Å². The van der Waals surface area contributed by atoms with Gasteiger partial charge in [-0.15, -0.1) is 0 Å². The third-order valence-corrected chi connectivity index (χ3v) is 5.03. The summed E-state index contributed by atoms with van der Waals surface area (Å²) in [7, 11) is 0. The van der Waals surface area contributed by atoms with Crippen molar-refractivity contribution < 1.29 is 9.13 Å². The highest BCUT2D eigenvalue weighted by Gasteiger charge is 2.02. The van der Waals surface area contributed by atoms with Crippen LogP contribution in [-0.4, -0.2) is 6.21 Å². The molecule has 0 aliphatic rings. The summed E-state index contributed by atoms with van der Waals surface area (Å²) in [4.78, 5) is 4.38. The minimum atomic E-state index is -0.220. The van der Waals surface area contributed by atoms with E-state index >= 15 is 0 Å². The van der Waals surface area contributed by atoms with E-state index in [0.717, 1.165) is 31.5 Å². The maximum Gasteiger partial charge on any atom is 0.126 e. The fourth-order valence-electron chi connectivity index (χ4n) is 2.31. The number of aliphatic imine (C=N–C) groups is 1. The van der Waals surface area contributed by atoms with Crippen LogP contribution in [-0.2, 0) is 6.61 Å². The average molecular weight is 477 g/mol. The van der Waals surface area contributed by atoms with Crippen LogP contribution < -0.4 is 4.74 Å². The Morgan fingerprint density at radius 1 is 1.00 bits per heavy atom. The smallest absolute Gasteiger partial charge is 0.126 e. The van der Waals surface area contributed by atoms with E-state index in [1.165, 1.54) is 6.07 Å². The van der Waals surface area contributed by atoms with Crippen molar-refractivity contribution in [2.75, 3.05) is 0 Å². The molecule has 0 N–H and O–H groups in total. The fourth-order valence-corrected chi connectivity index (χ4v) is 3.47. The second-order valence-electron chi connectivity index (χ2n) is 5.79. The molecule has 2 nitrogen and oxygen atoms in total. The lowest BCUT2D eigenvalue weighted by Crippen LogP contribution is -1.96. The van der Waals surface area contributed by atoms with Gasteiger partial charge in [0.25, 0.3) is 0 Å². The third-order valence-electron chi connectivity index (χ3n) is 3.79. The summed E-state index contributed by atoms with van der Waals surface area (Å²) in [5, 5.41) is 0. The maximum absolute atomic E-state index is 13.3. The maximum atomic E-state index is 13.3. The van der Waals surface area contributed by atoms with Crippen LogP contribution in [0.5, 0.6) is 5.75 Å². The highest BCUT2D eigenvalue weighted by molar-refractivity contribution is 9.11. The van der Waals surface area contributed by atoms with Crippen molar-refractivity contribution in [2.45, 2.75) is 13.5 Å². The first kappa shape index (κ1) is 18.8. The van der Waals surface area contributed by atoms with E-state index in [4.69, 9.17) is 4.74 Å². The molecule has 0 saturated heterocycles. The lowest BCUT2D eigenvalue weighted by atomic mass is 10.2. The number of hydrogen-bond donors (Lipinski definition) is 0. The zero-order valence-corrected chi connectivity index (χ0v) is 17.2. The Labute approximate surface area is 169 Å². The van der Waals surface area contributed by atoms with Gasteiger partial charge in [0, 0.05) is 20.7 Å². The molecule has 3 aromatic carbocycles. The lowest BCUT2D eigenvalue weighted by molar-refractivity contribution is 0.305. The zero-order valence-electron chi connectivity index (χ0n) is 14.0. The van der Waals surface area contributed by atoms with E-state index < -0.39 is 0 Å². The van der Waals surface area contributed by atoms with Crippen molar-refractivity contribution in [3.05, 3.63) is 92.1 Å². The number of aryl methyl sites for hydroxylation is 1.